The van der Waals surface area contributed by atoms with Gasteiger partial charge in [0.05, 0.1) is 12.1 Å². The lowest BCUT2D eigenvalue weighted by Crippen LogP contribution is -2.21. The van der Waals surface area contributed by atoms with Crippen LogP contribution in [0.1, 0.15) is 24.5 Å². The smallest absolute Gasteiger partial charge is 0.361 e. The van der Waals surface area contributed by atoms with Gasteiger partial charge in [-0.25, -0.2) is 0 Å². The molecule has 0 saturated carbocycles. The number of hydrogen-bond donors (Lipinski definition) is 1. The zero-order valence-electron chi connectivity index (χ0n) is 10.5. The van der Waals surface area contributed by atoms with E-state index in [4.69, 9.17) is 0 Å². The number of aliphatic imine (C=N–C) groups is 1. The summed E-state index contributed by atoms with van der Waals surface area (Å²) in [5, 5.41) is 4.17. The first-order chi connectivity index (χ1) is 9.00. The van der Waals surface area contributed by atoms with Gasteiger partial charge in [0.1, 0.15) is 0 Å². The average molecular weight is 288 g/mol. The van der Waals surface area contributed by atoms with E-state index in [-0.39, 0.29) is 12.1 Å². The summed E-state index contributed by atoms with van der Waals surface area (Å²) >= 11 is 1.60. The Morgan fingerprint density at radius 3 is 2.74 bits per heavy atom. The first-order valence-corrected chi connectivity index (χ1v) is 6.98. The third-order valence-electron chi connectivity index (χ3n) is 2.92. The van der Waals surface area contributed by atoms with Crippen molar-refractivity contribution in [2.24, 2.45) is 4.99 Å². The molecule has 0 saturated heterocycles. The number of amidine groups is 1. The number of nitrogens with one attached hydrogen (secondary N) is 1. The molecule has 1 aromatic carbocycles. The first-order valence-electron chi connectivity index (χ1n) is 6.10. The number of alkyl halides is 3. The number of rotatable bonds is 3. The van der Waals surface area contributed by atoms with E-state index in [0.29, 0.717) is 5.25 Å². The Hall–Kier alpha value is -1.17. The molecule has 19 heavy (non-hydrogen) atoms. The minimum atomic E-state index is -4.31. The molecule has 1 atom stereocenters. The van der Waals surface area contributed by atoms with Gasteiger partial charge in [-0.1, -0.05) is 36.9 Å². The Morgan fingerprint density at radius 1 is 1.37 bits per heavy atom. The van der Waals surface area contributed by atoms with Gasteiger partial charge in [0, 0.05) is 11.8 Å². The number of benzene rings is 1. The fourth-order valence-corrected chi connectivity index (χ4v) is 2.79. The molecule has 1 heterocycles. The second-order valence-corrected chi connectivity index (χ2v) is 5.59. The topological polar surface area (TPSA) is 24.4 Å². The normalized spacial score (nSPS) is 19.4. The van der Waals surface area contributed by atoms with Crippen LogP contribution in [0.3, 0.4) is 0 Å². The van der Waals surface area contributed by atoms with Crippen molar-refractivity contribution in [1.29, 1.82) is 0 Å². The molecule has 1 aromatic rings. The summed E-state index contributed by atoms with van der Waals surface area (Å²) in [6, 6.07) is 5.62. The first kappa shape index (κ1) is 14.2. The van der Waals surface area contributed by atoms with Gasteiger partial charge in [0.25, 0.3) is 0 Å². The van der Waals surface area contributed by atoms with Gasteiger partial charge in [-0.05, 0) is 18.1 Å². The van der Waals surface area contributed by atoms with E-state index in [1.165, 1.54) is 12.1 Å². The molecule has 0 radical (unpaired) electrons. The highest BCUT2D eigenvalue weighted by molar-refractivity contribution is 8.14. The number of halogens is 3. The van der Waals surface area contributed by atoms with Gasteiger partial charge in [-0.15, -0.1) is 0 Å². The molecule has 1 unspecified atom stereocenters. The summed E-state index contributed by atoms with van der Waals surface area (Å²) in [5.74, 6) is 0. The Labute approximate surface area is 114 Å². The van der Waals surface area contributed by atoms with Crippen molar-refractivity contribution >= 4 is 16.9 Å². The Morgan fingerprint density at radius 2 is 2.11 bits per heavy atom. The van der Waals surface area contributed by atoms with Crippen LogP contribution in [0.15, 0.2) is 29.3 Å². The van der Waals surface area contributed by atoms with E-state index in [2.05, 4.69) is 17.2 Å². The van der Waals surface area contributed by atoms with Gasteiger partial charge in [0.15, 0.2) is 5.17 Å². The molecule has 0 aliphatic carbocycles. The molecule has 0 bridgehead atoms. The summed E-state index contributed by atoms with van der Waals surface area (Å²) < 4.78 is 38.4. The molecule has 2 nitrogen and oxygen atoms in total. The van der Waals surface area contributed by atoms with Crippen molar-refractivity contribution in [1.82, 2.24) is 5.32 Å². The van der Waals surface area contributed by atoms with Gasteiger partial charge < -0.3 is 5.32 Å². The summed E-state index contributed by atoms with van der Waals surface area (Å²) in [5.41, 5.74) is -0.337. The predicted octanol–water partition coefficient (Wildman–Crippen LogP) is 3.68. The van der Waals surface area contributed by atoms with Crippen LogP contribution in [0.5, 0.6) is 0 Å². The van der Waals surface area contributed by atoms with Crippen LogP contribution in [0, 0.1) is 0 Å². The van der Waals surface area contributed by atoms with Crippen LogP contribution in [0.2, 0.25) is 0 Å². The highest BCUT2D eigenvalue weighted by Gasteiger charge is 2.32. The van der Waals surface area contributed by atoms with Crippen LogP contribution >= 0.6 is 11.8 Å². The molecular formula is C13H15F3N2S. The minimum Gasteiger partial charge on any atom is -0.361 e. The fourth-order valence-electron chi connectivity index (χ4n) is 1.85. The maximum atomic E-state index is 12.8. The molecule has 1 N–H and O–H groups in total. The lowest BCUT2D eigenvalue weighted by Gasteiger charge is -2.13. The summed E-state index contributed by atoms with van der Waals surface area (Å²) in [6.45, 7) is 2.97. The monoisotopic (exact) mass is 288 g/mol. The number of nitrogens with zero attached hydrogens (tertiary/aromatic N) is 1. The average Bonchev–Trinajstić information content (AvgIpc) is 2.83. The molecule has 0 spiro atoms. The highest BCUT2D eigenvalue weighted by atomic mass is 32.2. The van der Waals surface area contributed by atoms with Crippen molar-refractivity contribution in [3.63, 3.8) is 0 Å². The maximum Gasteiger partial charge on any atom is 0.416 e. The fraction of sp³-hybridized carbons (Fsp3) is 0.462. The second kappa shape index (κ2) is 5.86. The standard InChI is InChI=1S/C13H15F3N2S/c1-2-10-8-18-12(19-10)17-7-9-5-3-4-6-11(9)13(14,15)16/h3-6,10H,2,7-8H2,1H3,(H,17,18). The lowest BCUT2D eigenvalue weighted by atomic mass is 10.1. The van der Waals surface area contributed by atoms with Crippen molar-refractivity contribution in [2.75, 3.05) is 6.54 Å². The van der Waals surface area contributed by atoms with Gasteiger partial charge >= 0.3 is 6.18 Å². The second-order valence-electron chi connectivity index (χ2n) is 4.30. The van der Waals surface area contributed by atoms with E-state index in [1.807, 2.05) is 0 Å². The van der Waals surface area contributed by atoms with Crippen LogP contribution < -0.4 is 5.32 Å². The Balaban J connectivity index is 2.01. The molecular weight excluding hydrogens is 273 g/mol. The third kappa shape index (κ3) is 3.65. The Kier molecular flexibility index (Phi) is 4.39. The zero-order chi connectivity index (χ0) is 13.9. The van der Waals surface area contributed by atoms with Crippen molar-refractivity contribution in [3.05, 3.63) is 35.4 Å². The van der Waals surface area contributed by atoms with Crippen LogP contribution in [-0.2, 0) is 12.7 Å². The van der Waals surface area contributed by atoms with Gasteiger partial charge in [-0.3, -0.25) is 4.99 Å². The molecule has 0 aromatic heterocycles. The number of thioether (sulfide) groups is 1. The zero-order valence-corrected chi connectivity index (χ0v) is 11.3. The van der Waals surface area contributed by atoms with Crippen molar-refractivity contribution in [2.45, 2.75) is 31.3 Å². The van der Waals surface area contributed by atoms with Crippen LogP contribution in [0.4, 0.5) is 13.2 Å². The molecule has 1 aliphatic rings. The van der Waals surface area contributed by atoms with Crippen LogP contribution in [0.25, 0.3) is 0 Å². The maximum absolute atomic E-state index is 12.8. The van der Waals surface area contributed by atoms with E-state index >= 15 is 0 Å². The molecule has 6 heteroatoms. The lowest BCUT2D eigenvalue weighted by molar-refractivity contribution is -0.138. The minimum absolute atomic E-state index is 0.151. The molecule has 0 fully saturated rings. The molecule has 0 amide bonds. The summed E-state index contributed by atoms with van der Waals surface area (Å²) in [4.78, 5) is 4.28. The van der Waals surface area contributed by atoms with Crippen molar-refractivity contribution < 1.29 is 13.2 Å². The summed E-state index contributed by atoms with van der Waals surface area (Å²) in [6.07, 6.45) is -3.30. The Bertz CT molecular complexity index is 471. The molecule has 2 rings (SSSR count). The molecule has 1 aliphatic heterocycles. The molecule has 104 valence electrons. The highest BCUT2D eigenvalue weighted by Crippen LogP contribution is 2.32. The van der Waals surface area contributed by atoms with E-state index in [0.717, 1.165) is 24.2 Å². The van der Waals surface area contributed by atoms with Crippen molar-refractivity contribution in [3.8, 4) is 0 Å². The van der Waals surface area contributed by atoms with Gasteiger partial charge in [-0.2, -0.15) is 13.2 Å². The largest absolute Gasteiger partial charge is 0.416 e. The summed E-state index contributed by atoms with van der Waals surface area (Å²) in [7, 11) is 0. The quantitative estimate of drug-likeness (QED) is 0.917. The van der Waals surface area contributed by atoms with E-state index < -0.39 is 11.7 Å². The van der Waals surface area contributed by atoms with E-state index in [1.54, 1.807) is 17.8 Å². The van der Waals surface area contributed by atoms with Crippen LogP contribution in [-0.4, -0.2) is 17.0 Å². The predicted molar refractivity (Wildman–Crippen MR) is 72.3 cm³/mol. The number of hydrogen-bond acceptors (Lipinski definition) is 3. The van der Waals surface area contributed by atoms with E-state index in [9.17, 15) is 13.2 Å². The van der Waals surface area contributed by atoms with Gasteiger partial charge in [0.2, 0.25) is 0 Å². The third-order valence-corrected chi connectivity index (χ3v) is 4.24. The SMILES string of the molecule is CCC1CN=C(NCc2ccccc2C(F)(F)F)S1.